The topological polar surface area (TPSA) is 178 Å². The number of halogens is 1. The maximum atomic E-state index is 14.0. The van der Waals surface area contributed by atoms with Crippen LogP contribution in [-0.4, -0.2) is 122 Å². The molecule has 0 bridgehead atoms. The van der Waals surface area contributed by atoms with E-state index in [0.29, 0.717) is 36.6 Å². The fraction of sp³-hybridized carbons (Fsp3) is 0.658. The minimum atomic E-state index is -1.51. The number of amides is 2. The van der Waals surface area contributed by atoms with E-state index in [1.807, 2.05) is 6.07 Å². The molecule has 4 N–H and O–H groups in total. The number of allylic oxidation sites excluding steroid dienone is 1. The predicted molar refractivity (Wildman–Crippen MR) is 198 cm³/mol. The van der Waals surface area contributed by atoms with Crippen molar-refractivity contribution in [3.8, 4) is 11.5 Å². The van der Waals surface area contributed by atoms with Crippen LogP contribution < -0.4 is 14.8 Å². The second-order valence-electron chi connectivity index (χ2n) is 13.2. The van der Waals surface area contributed by atoms with Crippen LogP contribution in [0.5, 0.6) is 11.5 Å². The number of nitrogens with zero attached hydrogens (tertiary/aromatic N) is 2. The normalized spacial score (nSPS) is 25.0. The van der Waals surface area contributed by atoms with E-state index >= 15 is 0 Å². The molecule has 0 spiro atoms. The lowest BCUT2D eigenvalue weighted by Gasteiger charge is -2.59. The van der Waals surface area contributed by atoms with Crippen LogP contribution in [0, 0.1) is 17.8 Å². The molecule has 0 unspecified atom stereocenters. The molecule has 2 aliphatic carbocycles. The van der Waals surface area contributed by atoms with Crippen molar-refractivity contribution in [3.63, 3.8) is 0 Å². The first-order chi connectivity index (χ1) is 25.8. The highest BCUT2D eigenvalue weighted by Crippen LogP contribution is 2.62. The summed E-state index contributed by atoms with van der Waals surface area (Å²) in [5.41, 5.74) is 2.27. The Labute approximate surface area is 317 Å². The summed E-state index contributed by atoms with van der Waals surface area (Å²) < 4.78 is 30.9. The van der Waals surface area contributed by atoms with E-state index in [4.69, 9.17) is 40.1 Å². The Bertz CT molecular complexity index is 1410. The molecular formula is C38H56ClN3O11. The minimum Gasteiger partial charge on any atom is -0.459 e. The van der Waals surface area contributed by atoms with E-state index in [2.05, 4.69) is 23.1 Å². The summed E-state index contributed by atoms with van der Waals surface area (Å²) in [7, 11) is 1.47. The van der Waals surface area contributed by atoms with Gasteiger partial charge in [-0.25, -0.2) is 9.59 Å². The first-order valence-corrected chi connectivity index (χ1v) is 19.1. The van der Waals surface area contributed by atoms with Gasteiger partial charge in [0.1, 0.15) is 31.3 Å². The molecule has 0 aromatic heterocycles. The highest BCUT2D eigenvalue weighted by Gasteiger charge is 2.65. The number of rotatable bonds is 22. The molecule has 15 heteroatoms. The summed E-state index contributed by atoms with van der Waals surface area (Å²) in [4.78, 5) is 33.5. The first-order valence-electron chi connectivity index (χ1n) is 18.6. The van der Waals surface area contributed by atoms with Gasteiger partial charge in [-0.05, 0) is 68.2 Å². The third kappa shape index (κ3) is 10.2. The quantitative estimate of drug-likeness (QED) is 0.0555. The number of nitrogens with one attached hydrogen (secondary N) is 1. The Balaban J connectivity index is 2.00. The van der Waals surface area contributed by atoms with Crippen molar-refractivity contribution in [2.75, 3.05) is 72.3 Å². The number of hydrogen-bond acceptors (Lipinski definition) is 12. The number of aliphatic hydroxyl groups is 3. The lowest BCUT2D eigenvalue weighted by Crippen LogP contribution is -2.70. The van der Waals surface area contributed by atoms with Crippen molar-refractivity contribution in [1.82, 2.24) is 10.2 Å². The van der Waals surface area contributed by atoms with Crippen molar-refractivity contribution in [2.45, 2.75) is 69.6 Å². The number of fused-ring (bicyclic) bond motifs is 2. The van der Waals surface area contributed by atoms with Gasteiger partial charge < -0.3 is 49.2 Å². The predicted octanol–water partition coefficient (Wildman–Crippen LogP) is 4.74. The zero-order chi connectivity index (χ0) is 38.2. The van der Waals surface area contributed by atoms with E-state index in [1.54, 1.807) is 25.1 Å². The average Bonchev–Trinajstić information content (AvgIpc) is 3.15. The summed E-state index contributed by atoms with van der Waals surface area (Å²) >= 11 is 5.95. The summed E-state index contributed by atoms with van der Waals surface area (Å²) in [6, 6.07) is 4.44. The standard InChI is InChI=1S/C38H56ClN3O11/c1-4-19-51-38-33(42(15-21-49-22-18-45)37(47)50-20-14-39)25-31(41-48-3)29-23-26(10-6-8-16-43)28(11-7-9-17-44)34(35(29)38)30-24-27(12-13-32(30)53-38)52-36(46)40-5-2/h4,12-13,23-24,26,28,33-35,43-45H,1,5-11,14-22,25H2,2-3H3,(H,40,46)/t26-,28+,33-,34+,35+,38+/m0/s1. The van der Waals surface area contributed by atoms with Gasteiger partial charge >= 0.3 is 12.2 Å². The smallest absolute Gasteiger partial charge is 0.412 e. The van der Waals surface area contributed by atoms with Crippen LogP contribution in [0.15, 0.2) is 47.7 Å². The molecule has 1 fully saturated rings. The molecule has 1 aliphatic heterocycles. The molecule has 1 aromatic carbocycles. The highest BCUT2D eigenvalue weighted by molar-refractivity contribution is 6.18. The largest absolute Gasteiger partial charge is 0.459 e. The minimum absolute atomic E-state index is 0.0184. The zero-order valence-electron chi connectivity index (χ0n) is 30.9. The number of carbonyl (C=O) groups is 2. The summed E-state index contributed by atoms with van der Waals surface area (Å²) in [5, 5.41) is 36.1. The Kier molecular flexibility index (Phi) is 17.2. The van der Waals surface area contributed by atoms with Crippen molar-refractivity contribution in [3.05, 3.63) is 48.1 Å². The van der Waals surface area contributed by atoms with Crippen LogP contribution in [0.25, 0.3) is 0 Å². The van der Waals surface area contributed by atoms with Crippen LogP contribution in [0.4, 0.5) is 9.59 Å². The number of carbonyl (C=O) groups excluding carboxylic acids is 2. The van der Waals surface area contributed by atoms with Crippen molar-refractivity contribution < 1.29 is 53.4 Å². The lowest BCUT2D eigenvalue weighted by molar-refractivity contribution is -0.256. The van der Waals surface area contributed by atoms with Crippen LogP contribution in [0.2, 0.25) is 0 Å². The summed E-state index contributed by atoms with van der Waals surface area (Å²) in [6.45, 7) is 6.38. The zero-order valence-corrected chi connectivity index (χ0v) is 31.6. The fourth-order valence-corrected chi connectivity index (χ4v) is 8.10. The van der Waals surface area contributed by atoms with Gasteiger partial charge in [0.15, 0.2) is 0 Å². The molecule has 1 aromatic rings. The van der Waals surface area contributed by atoms with Crippen molar-refractivity contribution in [2.24, 2.45) is 22.9 Å². The number of oxime groups is 1. The third-order valence-electron chi connectivity index (χ3n) is 10.0. The van der Waals surface area contributed by atoms with Crippen molar-refractivity contribution >= 4 is 29.5 Å². The van der Waals surface area contributed by atoms with E-state index in [-0.39, 0.29) is 82.8 Å². The number of ether oxygens (including phenoxy) is 5. The molecule has 6 atom stereocenters. The van der Waals surface area contributed by atoms with Gasteiger partial charge in [0, 0.05) is 44.2 Å². The monoisotopic (exact) mass is 765 g/mol. The van der Waals surface area contributed by atoms with Crippen molar-refractivity contribution in [1.29, 1.82) is 0 Å². The molecule has 1 heterocycles. The van der Waals surface area contributed by atoms with Crippen LogP contribution in [0.3, 0.4) is 0 Å². The van der Waals surface area contributed by atoms with Crippen LogP contribution >= 0.6 is 11.6 Å². The van der Waals surface area contributed by atoms with E-state index < -0.39 is 29.9 Å². The number of unbranched alkanes of at least 4 members (excludes halogenated alkanes) is 2. The maximum Gasteiger partial charge on any atom is 0.412 e. The number of alkyl halides is 1. The van der Waals surface area contributed by atoms with Crippen LogP contribution in [-0.2, 0) is 19.0 Å². The number of benzene rings is 1. The van der Waals surface area contributed by atoms with Gasteiger partial charge in [-0.15, -0.1) is 18.2 Å². The fourth-order valence-electron chi connectivity index (χ4n) is 8.02. The van der Waals surface area contributed by atoms with E-state index in [9.17, 15) is 24.9 Å². The number of aliphatic hydroxyl groups excluding tert-OH is 3. The number of hydrogen-bond donors (Lipinski definition) is 4. The lowest BCUT2D eigenvalue weighted by atomic mass is 9.55. The molecule has 0 saturated heterocycles. The van der Waals surface area contributed by atoms with Gasteiger partial charge in [0.2, 0.25) is 5.79 Å². The molecular weight excluding hydrogens is 710 g/mol. The van der Waals surface area contributed by atoms with Gasteiger partial charge in [-0.2, -0.15) is 0 Å². The Morgan fingerprint density at radius 2 is 1.89 bits per heavy atom. The molecule has 0 radical (unpaired) electrons. The molecule has 296 valence electrons. The molecule has 2 amide bonds. The van der Waals surface area contributed by atoms with Gasteiger partial charge in [0.25, 0.3) is 0 Å². The summed E-state index contributed by atoms with van der Waals surface area (Å²) in [5.74, 6) is -1.43. The molecule has 14 nitrogen and oxygen atoms in total. The van der Waals surface area contributed by atoms with E-state index in [0.717, 1.165) is 36.8 Å². The second kappa shape index (κ2) is 21.5. The SMILES string of the molecule is C=CCO[C@@]12Oc3ccc(OC(=O)NCC)cc3[C@H]3[C@H](CCCCO)[C@@H](CCCCO)C=C(C(=NOC)C[C@@H]1N(CCOCCO)C(=O)OCCCl)[C@H]32. The maximum absolute atomic E-state index is 14.0. The molecule has 53 heavy (non-hydrogen) atoms. The van der Waals surface area contributed by atoms with E-state index in [1.165, 1.54) is 12.0 Å². The molecule has 4 rings (SSSR count). The second-order valence-corrected chi connectivity index (χ2v) is 13.6. The van der Waals surface area contributed by atoms with Gasteiger partial charge in [0.05, 0.1) is 43.9 Å². The highest BCUT2D eigenvalue weighted by atomic mass is 35.5. The average molecular weight is 766 g/mol. The Morgan fingerprint density at radius 3 is 2.57 bits per heavy atom. The molecule has 3 aliphatic rings. The van der Waals surface area contributed by atoms with Crippen LogP contribution in [0.1, 0.15) is 63.4 Å². The van der Waals surface area contributed by atoms with Gasteiger partial charge in [-0.3, -0.25) is 4.90 Å². The Morgan fingerprint density at radius 1 is 1.11 bits per heavy atom. The third-order valence-corrected chi connectivity index (χ3v) is 10.2. The Hall–Kier alpha value is -3.40. The summed E-state index contributed by atoms with van der Waals surface area (Å²) in [6.07, 6.45) is 7.11. The molecule has 1 saturated carbocycles. The van der Waals surface area contributed by atoms with Gasteiger partial charge in [-0.1, -0.05) is 30.1 Å². The first kappa shape index (κ1) is 42.3.